The summed E-state index contributed by atoms with van der Waals surface area (Å²) in [6, 6.07) is 0. The van der Waals surface area contributed by atoms with E-state index in [4.69, 9.17) is 0 Å². The van der Waals surface area contributed by atoms with Gasteiger partial charge in [0.05, 0.1) is 5.60 Å². The quantitative estimate of drug-likeness (QED) is 0.707. The highest BCUT2D eigenvalue weighted by Crippen LogP contribution is 2.32. The Labute approximate surface area is 81.2 Å². The zero-order valence-corrected chi connectivity index (χ0v) is 8.93. The minimum absolute atomic E-state index is 0.565. The third-order valence-electron chi connectivity index (χ3n) is 2.99. The first kappa shape index (κ1) is 10.5. The first-order valence-corrected chi connectivity index (χ1v) is 5.27. The number of aliphatic hydroxyl groups is 1. The third-order valence-corrected chi connectivity index (χ3v) is 2.99. The maximum Gasteiger partial charge on any atom is 0.0865 e. The fourth-order valence-electron chi connectivity index (χ4n) is 1.88. The summed E-state index contributed by atoms with van der Waals surface area (Å²) in [6.45, 7) is 6.38. The highest BCUT2D eigenvalue weighted by molar-refractivity contribution is 5.33. The van der Waals surface area contributed by atoms with E-state index in [9.17, 15) is 5.11 Å². The molecule has 1 aliphatic rings. The van der Waals surface area contributed by atoms with Crippen molar-refractivity contribution in [1.29, 1.82) is 0 Å². The van der Waals surface area contributed by atoms with Crippen LogP contribution in [0.5, 0.6) is 0 Å². The monoisotopic (exact) mass is 180 g/mol. The molecule has 1 nitrogen and oxygen atoms in total. The fraction of sp³-hybridized carbons (Fsp3) is 0.667. The second-order valence-corrected chi connectivity index (χ2v) is 3.80. The van der Waals surface area contributed by atoms with E-state index in [0.29, 0.717) is 0 Å². The average Bonchev–Trinajstić information content (AvgIpc) is 2.18. The summed E-state index contributed by atoms with van der Waals surface area (Å²) in [5.41, 5.74) is 2.28. The van der Waals surface area contributed by atoms with Crippen LogP contribution in [0.3, 0.4) is 0 Å². The highest BCUT2D eigenvalue weighted by Gasteiger charge is 2.25. The Morgan fingerprint density at radius 2 is 2.00 bits per heavy atom. The van der Waals surface area contributed by atoms with Crippen molar-refractivity contribution in [3.05, 3.63) is 23.3 Å². The van der Waals surface area contributed by atoms with Gasteiger partial charge in [-0.2, -0.15) is 0 Å². The van der Waals surface area contributed by atoms with Crippen LogP contribution in [0.2, 0.25) is 0 Å². The van der Waals surface area contributed by atoms with Gasteiger partial charge in [0.1, 0.15) is 0 Å². The lowest BCUT2D eigenvalue weighted by molar-refractivity contribution is 0.0844. The molecule has 0 aromatic heterocycles. The normalized spacial score (nSPS) is 28.3. The van der Waals surface area contributed by atoms with Gasteiger partial charge in [0.25, 0.3) is 0 Å². The molecule has 1 rings (SSSR count). The predicted octanol–water partition coefficient (Wildman–Crippen LogP) is 3.20. The molecule has 1 unspecified atom stereocenters. The maximum absolute atomic E-state index is 10.1. The molecule has 1 aliphatic carbocycles. The fourth-order valence-corrected chi connectivity index (χ4v) is 1.88. The van der Waals surface area contributed by atoms with Gasteiger partial charge in [-0.25, -0.2) is 0 Å². The summed E-state index contributed by atoms with van der Waals surface area (Å²) < 4.78 is 0. The van der Waals surface area contributed by atoms with Crippen molar-refractivity contribution in [2.24, 2.45) is 0 Å². The molecule has 0 radical (unpaired) electrons. The van der Waals surface area contributed by atoms with E-state index in [2.05, 4.69) is 19.9 Å². The Balaban J connectivity index is 2.86. The van der Waals surface area contributed by atoms with E-state index in [1.54, 1.807) is 0 Å². The molecule has 0 spiro atoms. The maximum atomic E-state index is 10.1. The van der Waals surface area contributed by atoms with Crippen molar-refractivity contribution in [1.82, 2.24) is 0 Å². The Morgan fingerprint density at radius 1 is 1.31 bits per heavy atom. The third kappa shape index (κ3) is 2.22. The van der Waals surface area contributed by atoms with Gasteiger partial charge >= 0.3 is 0 Å². The molecule has 0 aromatic rings. The number of rotatable bonds is 3. The van der Waals surface area contributed by atoms with Gasteiger partial charge in [-0.05, 0) is 24.8 Å². The molecule has 1 atom stereocenters. The van der Waals surface area contributed by atoms with Crippen LogP contribution in [0.4, 0.5) is 0 Å². The molecule has 0 saturated heterocycles. The Hall–Kier alpha value is -0.560. The number of allylic oxidation sites excluding steroid dienone is 2. The summed E-state index contributed by atoms with van der Waals surface area (Å²) in [5, 5.41) is 10.1. The molecule has 0 amide bonds. The molecule has 0 saturated carbocycles. The molecule has 0 bridgehead atoms. The van der Waals surface area contributed by atoms with Crippen molar-refractivity contribution >= 4 is 0 Å². The first-order valence-electron chi connectivity index (χ1n) is 5.27. The molecule has 0 aliphatic heterocycles. The van der Waals surface area contributed by atoms with Crippen molar-refractivity contribution < 1.29 is 5.11 Å². The molecule has 1 N–H and O–H groups in total. The molecule has 74 valence electrons. The van der Waals surface area contributed by atoms with Gasteiger partial charge in [0, 0.05) is 6.42 Å². The van der Waals surface area contributed by atoms with Gasteiger partial charge in [-0.3, -0.25) is 0 Å². The van der Waals surface area contributed by atoms with Crippen LogP contribution in [-0.2, 0) is 0 Å². The van der Waals surface area contributed by atoms with Crippen LogP contribution in [0.25, 0.3) is 0 Å². The lowest BCUT2D eigenvalue weighted by Crippen LogP contribution is -2.27. The molecular weight excluding hydrogens is 160 g/mol. The minimum atomic E-state index is -0.565. The van der Waals surface area contributed by atoms with Crippen LogP contribution in [0.1, 0.15) is 46.5 Å². The molecule has 0 aromatic carbocycles. The zero-order valence-electron chi connectivity index (χ0n) is 8.93. The van der Waals surface area contributed by atoms with Gasteiger partial charge in [-0.1, -0.05) is 38.5 Å². The van der Waals surface area contributed by atoms with E-state index in [1.165, 1.54) is 11.1 Å². The van der Waals surface area contributed by atoms with Crippen LogP contribution in [-0.4, -0.2) is 10.7 Å². The molecule has 13 heavy (non-hydrogen) atoms. The largest absolute Gasteiger partial charge is 0.385 e. The minimum Gasteiger partial charge on any atom is -0.385 e. The Kier molecular flexibility index (Phi) is 3.32. The second kappa shape index (κ2) is 4.10. The summed E-state index contributed by atoms with van der Waals surface area (Å²) in [6.07, 6.45) is 7.86. The highest BCUT2D eigenvalue weighted by atomic mass is 16.3. The lowest BCUT2D eigenvalue weighted by Gasteiger charge is -2.29. The standard InChI is InChI=1S/C12H20O/c1-4-10-7-8-12(13,6-3)9-11(10)5-2/h7-8,13H,4-6,9H2,1-3H3. The van der Waals surface area contributed by atoms with Crippen LogP contribution < -0.4 is 0 Å². The van der Waals surface area contributed by atoms with Crippen molar-refractivity contribution in [3.63, 3.8) is 0 Å². The smallest absolute Gasteiger partial charge is 0.0865 e. The van der Waals surface area contributed by atoms with E-state index >= 15 is 0 Å². The summed E-state index contributed by atoms with van der Waals surface area (Å²) in [5.74, 6) is 0. The van der Waals surface area contributed by atoms with E-state index in [0.717, 1.165) is 25.7 Å². The molecule has 1 heteroatoms. The van der Waals surface area contributed by atoms with E-state index < -0.39 is 5.60 Å². The number of hydrogen-bond acceptors (Lipinski definition) is 1. The molecule has 0 fully saturated rings. The van der Waals surface area contributed by atoms with Crippen molar-refractivity contribution in [3.8, 4) is 0 Å². The zero-order chi connectivity index (χ0) is 9.90. The summed E-state index contributed by atoms with van der Waals surface area (Å²) >= 11 is 0. The van der Waals surface area contributed by atoms with Gasteiger partial charge in [0.15, 0.2) is 0 Å². The van der Waals surface area contributed by atoms with Gasteiger partial charge < -0.3 is 5.11 Å². The summed E-state index contributed by atoms with van der Waals surface area (Å²) in [4.78, 5) is 0. The van der Waals surface area contributed by atoms with Crippen LogP contribution >= 0.6 is 0 Å². The van der Waals surface area contributed by atoms with Gasteiger partial charge in [-0.15, -0.1) is 0 Å². The first-order chi connectivity index (χ1) is 6.15. The van der Waals surface area contributed by atoms with Crippen LogP contribution in [0, 0.1) is 0 Å². The molecular formula is C12H20O. The Morgan fingerprint density at radius 3 is 2.46 bits per heavy atom. The predicted molar refractivity (Wildman–Crippen MR) is 56.6 cm³/mol. The van der Waals surface area contributed by atoms with E-state index in [1.807, 2.05) is 13.0 Å². The van der Waals surface area contributed by atoms with Gasteiger partial charge in [0.2, 0.25) is 0 Å². The molecule has 0 heterocycles. The summed E-state index contributed by atoms with van der Waals surface area (Å²) in [7, 11) is 0. The van der Waals surface area contributed by atoms with Crippen molar-refractivity contribution in [2.75, 3.05) is 0 Å². The van der Waals surface area contributed by atoms with Crippen LogP contribution in [0.15, 0.2) is 23.3 Å². The lowest BCUT2D eigenvalue weighted by atomic mass is 9.82. The number of hydrogen-bond donors (Lipinski definition) is 1. The average molecular weight is 180 g/mol. The van der Waals surface area contributed by atoms with Crippen molar-refractivity contribution in [2.45, 2.75) is 52.1 Å². The second-order valence-electron chi connectivity index (χ2n) is 3.80. The topological polar surface area (TPSA) is 20.2 Å². The SMILES string of the molecule is CCC1=C(CC)CC(O)(CC)C=C1. The Bertz CT molecular complexity index is 238. The van der Waals surface area contributed by atoms with E-state index in [-0.39, 0.29) is 0 Å².